The summed E-state index contributed by atoms with van der Waals surface area (Å²) in [6.45, 7) is 0. The van der Waals surface area contributed by atoms with Gasteiger partial charge in [0, 0.05) is 12.6 Å². The summed E-state index contributed by atoms with van der Waals surface area (Å²) in [6.07, 6.45) is 0. The van der Waals surface area contributed by atoms with Crippen molar-refractivity contribution in [1.82, 2.24) is 4.90 Å². The highest BCUT2D eigenvalue weighted by Crippen LogP contribution is 2.27. The van der Waals surface area contributed by atoms with E-state index in [1.165, 1.54) is 7.05 Å². The Bertz CT molecular complexity index is 487. The molecule has 16 heavy (non-hydrogen) atoms. The molecule has 0 fully saturated rings. The molecule has 0 spiro atoms. The van der Waals surface area contributed by atoms with Crippen LogP contribution in [0.2, 0.25) is 0 Å². The zero-order valence-corrected chi connectivity index (χ0v) is 8.45. The Hall–Kier alpha value is -1.98. The summed E-state index contributed by atoms with van der Waals surface area (Å²) in [5.41, 5.74) is 5.52. The average Bonchev–Trinajstić information content (AvgIpc) is 2.46. The Morgan fingerprint density at radius 1 is 1.44 bits per heavy atom. The van der Waals surface area contributed by atoms with E-state index in [1.54, 1.807) is 0 Å². The van der Waals surface area contributed by atoms with Gasteiger partial charge in [-0.1, -0.05) is 0 Å². The number of amides is 2. The van der Waals surface area contributed by atoms with Gasteiger partial charge in [-0.05, 0) is 18.2 Å². The fourth-order valence-corrected chi connectivity index (χ4v) is 1.65. The van der Waals surface area contributed by atoms with Crippen molar-refractivity contribution in [2.45, 2.75) is 6.04 Å². The minimum Gasteiger partial charge on any atom is -0.385 e. The fourth-order valence-electron chi connectivity index (χ4n) is 1.65. The van der Waals surface area contributed by atoms with Crippen molar-refractivity contribution in [3.8, 4) is 0 Å². The van der Waals surface area contributed by atoms with Gasteiger partial charge in [0.05, 0.1) is 0 Å². The first kappa shape index (κ1) is 10.5. The van der Waals surface area contributed by atoms with E-state index in [9.17, 15) is 13.6 Å². The second-order valence-electron chi connectivity index (χ2n) is 3.50. The van der Waals surface area contributed by atoms with Crippen molar-refractivity contribution >= 4 is 11.9 Å². The van der Waals surface area contributed by atoms with E-state index in [4.69, 9.17) is 5.73 Å². The van der Waals surface area contributed by atoms with E-state index in [2.05, 4.69) is 4.99 Å². The van der Waals surface area contributed by atoms with E-state index in [-0.39, 0.29) is 11.4 Å². The lowest BCUT2D eigenvalue weighted by Crippen LogP contribution is -2.30. The number of aliphatic imine (C=N–C) groups is 1. The Morgan fingerprint density at radius 3 is 2.69 bits per heavy atom. The smallest absolute Gasteiger partial charge is 0.345 e. The van der Waals surface area contributed by atoms with Gasteiger partial charge in [0.25, 0.3) is 0 Å². The summed E-state index contributed by atoms with van der Waals surface area (Å²) < 4.78 is 26.5. The van der Waals surface area contributed by atoms with Gasteiger partial charge in [-0.15, -0.1) is 0 Å². The molecule has 2 N–H and O–H groups in total. The van der Waals surface area contributed by atoms with Gasteiger partial charge in [-0.3, -0.25) is 0 Å². The first-order chi connectivity index (χ1) is 7.50. The predicted molar refractivity (Wildman–Crippen MR) is 53.9 cm³/mol. The third kappa shape index (κ3) is 1.52. The molecule has 1 aliphatic rings. The average molecular weight is 225 g/mol. The van der Waals surface area contributed by atoms with Crippen LogP contribution in [0.15, 0.2) is 23.2 Å². The number of nitrogens with zero attached hydrogens (tertiary/aromatic N) is 2. The molecule has 1 unspecified atom stereocenters. The van der Waals surface area contributed by atoms with Crippen molar-refractivity contribution in [2.24, 2.45) is 10.7 Å². The highest BCUT2D eigenvalue weighted by Gasteiger charge is 2.33. The third-order valence-corrected chi connectivity index (χ3v) is 2.45. The van der Waals surface area contributed by atoms with E-state index >= 15 is 0 Å². The number of likely N-dealkylation sites (N-methyl/N-ethyl adjacent to an activating group) is 1. The molecule has 0 radical (unpaired) electrons. The van der Waals surface area contributed by atoms with Gasteiger partial charge in [0.2, 0.25) is 0 Å². The zero-order chi connectivity index (χ0) is 11.9. The summed E-state index contributed by atoms with van der Waals surface area (Å²) in [7, 11) is 1.43. The van der Waals surface area contributed by atoms with Gasteiger partial charge in [-0.2, -0.15) is 4.99 Å². The van der Waals surface area contributed by atoms with Crippen LogP contribution in [0, 0.1) is 11.6 Å². The molecule has 2 rings (SSSR count). The Morgan fingerprint density at radius 2 is 2.12 bits per heavy atom. The molecule has 6 heteroatoms. The van der Waals surface area contributed by atoms with Gasteiger partial charge in [0.15, 0.2) is 0 Å². The van der Waals surface area contributed by atoms with Crippen molar-refractivity contribution in [1.29, 1.82) is 0 Å². The lowest BCUT2D eigenvalue weighted by molar-refractivity contribution is 0.218. The van der Waals surface area contributed by atoms with Crippen LogP contribution < -0.4 is 5.73 Å². The summed E-state index contributed by atoms with van der Waals surface area (Å²) >= 11 is 0. The zero-order valence-electron chi connectivity index (χ0n) is 8.45. The van der Waals surface area contributed by atoms with Gasteiger partial charge < -0.3 is 10.6 Å². The standard InChI is InChI=1S/C10H9F2N3O/c1-15-8(9(13)14-10(15)16)6-4-5(11)2-3-7(6)12/h2-4,8H,1H3,(H2,13,14,16). The van der Waals surface area contributed by atoms with Crippen LogP contribution >= 0.6 is 0 Å². The predicted octanol–water partition coefficient (Wildman–Crippen LogP) is 1.43. The second-order valence-corrected chi connectivity index (χ2v) is 3.50. The molecule has 0 saturated carbocycles. The van der Waals surface area contributed by atoms with Crippen molar-refractivity contribution in [3.05, 3.63) is 35.4 Å². The molecule has 84 valence electrons. The molecule has 1 aromatic rings. The van der Waals surface area contributed by atoms with Gasteiger partial charge in [0.1, 0.15) is 23.5 Å². The molecule has 0 aliphatic carbocycles. The van der Waals surface area contributed by atoms with E-state index in [1.807, 2.05) is 0 Å². The highest BCUT2D eigenvalue weighted by molar-refractivity contribution is 6.03. The molecular weight excluding hydrogens is 216 g/mol. The lowest BCUT2D eigenvalue weighted by Gasteiger charge is -2.20. The number of hydrogen-bond acceptors (Lipinski definition) is 2. The quantitative estimate of drug-likeness (QED) is 0.785. The SMILES string of the molecule is CN1C(=O)N=C(N)C1c1cc(F)ccc1F. The Labute approximate surface area is 90.4 Å². The first-order valence-corrected chi connectivity index (χ1v) is 4.56. The Kier molecular flexibility index (Phi) is 2.34. The van der Waals surface area contributed by atoms with Crippen LogP contribution in [0.4, 0.5) is 13.6 Å². The van der Waals surface area contributed by atoms with E-state index < -0.39 is 23.7 Å². The van der Waals surface area contributed by atoms with Crippen LogP contribution in [-0.2, 0) is 0 Å². The number of urea groups is 1. The molecule has 0 bridgehead atoms. The third-order valence-electron chi connectivity index (χ3n) is 2.45. The maximum Gasteiger partial charge on any atom is 0.345 e. The second kappa shape index (κ2) is 3.55. The highest BCUT2D eigenvalue weighted by atomic mass is 19.1. The summed E-state index contributed by atoms with van der Waals surface area (Å²) in [5.74, 6) is -1.24. The van der Waals surface area contributed by atoms with E-state index in [0.29, 0.717) is 0 Å². The number of halogens is 2. The number of benzene rings is 1. The van der Waals surface area contributed by atoms with Crippen molar-refractivity contribution in [2.75, 3.05) is 7.05 Å². The largest absolute Gasteiger partial charge is 0.385 e. The molecule has 1 aliphatic heterocycles. The maximum absolute atomic E-state index is 13.5. The minimum absolute atomic E-state index is 0.00889. The number of carbonyl (C=O) groups excluding carboxylic acids is 1. The number of amidine groups is 1. The number of nitrogens with two attached hydrogens (primary N) is 1. The molecule has 0 saturated heterocycles. The summed E-state index contributed by atoms with van der Waals surface area (Å²) in [6, 6.07) is 1.61. The summed E-state index contributed by atoms with van der Waals surface area (Å²) in [4.78, 5) is 15.9. The van der Waals surface area contributed by atoms with Crippen LogP contribution in [0.5, 0.6) is 0 Å². The van der Waals surface area contributed by atoms with Gasteiger partial charge >= 0.3 is 6.03 Å². The first-order valence-electron chi connectivity index (χ1n) is 4.56. The molecule has 2 amide bonds. The topological polar surface area (TPSA) is 58.7 Å². The van der Waals surface area contributed by atoms with E-state index in [0.717, 1.165) is 23.1 Å². The van der Waals surface area contributed by atoms with Crippen molar-refractivity contribution < 1.29 is 13.6 Å². The number of hydrogen-bond donors (Lipinski definition) is 1. The van der Waals surface area contributed by atoms with Crippen LogP contribution in [0.3, 0.4) is 0 Å². The molecular formula is C10H9F2N3O. The fraction of sp³-hybridized carbons (Fsp3) is 0.200. The molecule has 1 atom stereocenters. The molecule has 1 aromatic carbocycles. The van der Waals surface area contributed by atoms with Crippen LogP contribution in [-0.4, -0.2) is 23.8 Å². The van der Waals surface area contributed by atoms with Crippen LogP contribution in [0.1, 0.15) is 11.6 Å². The molecule has 1 heterocycles. The summed E-state index contributed by atoms with van der Waals surface area (Å²) in [5, 5.41) is 0. The lowest BCUT2D eigenvalue weighted by atomic mass is 10.0. The normalized spacial score (nSPS) is 20.2. The number of carbonyl (C=O) groups is 1. The minimum atomic E-state index is -0.830. The molecule has 4 nitrogen and oxygen atoms in total. The Balaban J connectivity index is 2.49. The monoisotopic (exact) mass is 225 g/mol. The van der Waals surface area contributed by atoms with Gasteiger partial charge in [-0.25, -0.2) is 13.6 Å². The maximum atomic E-state index is 13.5. The number of rotatable bonds is 1. The van der Waals surface area contributed by atoms with Crippen LogP contribution in [0.25, 0.3) is 0 Å². The van der Waals surface area contributed by atoms with Crippen molar-refractivity contribution in [3.63, 3.8) is 0 Å². The molecule has 0 aromatic heterocycles.